The molecule has 0 spiro atoms. The van der Waals surface area contributed by atoms with Crippen molar-refractivity contribution in [3.8, 4) is 6.07 Å². The zero-order valence-electron chi connectivity index (χ0n) is 14.1. The fraction of sp³-hybridized carbons (Fsp3) is 0.941. The lowest BCUT2D eigenvalue weighted by atomic mass is 9.80. The summed E-state index contributed by atoms with van der Waals surface area (Å²) < 4.78 is 0. The Morgan fingerprint density at radius 3 is 2.45 bits per heavy atom. The van der Waals surface area contributed by atoms with E-state index in [1.54, 1.807) is 0 Å². The van der Waals surface area contributed by atoms with Crippen LogP contribution in [0.1, 0.15) is 60.3 Å². The second-order valence-corrected chi connectivity index (χ2v) is 7.58. The average Bonchev–Trinajstić information content (AvgIpc) is 2.84. The van der Waals surface area contributed by atoms with E-state index in [-0.39, 0.29) is 5.54 Å². The van der Waals surface area contributed by atoms with Gasteiger partial charge in [-0.2, -0.15) is 5.26 Å². The second kappa shape index (κ2) is 7.43. The summed E-state index contributed by atoms with van der Waals surface area (Å²) in [5.41, 5.74) is 0.104. The van der Waals surface area contributed by atoms with Crippen LogP contribution in [0.2, 0.25) is 0 Å². The lowest BCUT2D eigenvalue weighted by Gasteiger charge is -2.27. The van der Waals surface area contributed by atoms with E-state index in [1.165, 1.54) is 32.5 Å². The molecule has 1 aliphatic rings. The van der Waals surface area contributed by atoms with Crippen molar-refractivity contribution in [2.24, 2.45) is 11.3 Å². The van der Waals surface area contributed by atoms with Gasteiger partial charge in [-0.05, 0) is 63.6 Å². The monoisotopic (exact) mass is 279 g/mol. The maximum Gasteiger partial charge on any atom is 0.103 e. The van der Waals surface area contributed by atoms with Crippen LogP contribution in [-0.4, -0.2) is 36.6 Å². The van der Waals surface area contributed by atoms with Crippen LogP contribution in [0.4, 0.5) is 0 Å². The van der Waals surface area contributed by atoms with Crippen LogP contribution in [0.5, 0.6) is 0 Å². The van der Waals surface area contributed by atoms with E-state index in [9.17, 15) is 5.26 Å². The first-order chi connectivity index (χ1) is 9.30. The van der Waals surface area contributed by atoms with Crippen molar-refractivity contribution in [3.05, 3.63) is 0 Å². The number of likely N-dealkylation sites (tertiary alicyclic amines) is 1. The van der Waals surface area contributed by atoms with E-state index in [1.807, 2.05) is 6.92 Å². The van der Waals surface area contributed by atoms with Crippen molar-refractivity contribution < 1.29 is 0 Å². The first-order valence-electron chi connectivity index (χ1n) is 8.19. The predicted octanol–water partition coefficient (Wildman–Crippen LogP) is 3.42. The van der Waals surface area contributed by atoms with Gasteiger partial charge in [0.05, 0.1) is 6.07 Å². The summed E-state index contributed by atoms with van der Waals surface area (Å²) in [7, 11) is 0. The van der Waals surface area contributed by atoms with Crippen molar-refractivity contribution in [3.63, 3.8) is 0 Å². The maximum atomic E-state index is 9.23. The smallest absolute Gasteiger partial charge is 0.103 e. The Hall–Kier alpha value is -0.590. The summed E-state index contributed by atoms with van der Waals surface area (Å²) in [4.78, 5) is 2.60. The Morgan fingerprint density at radius 1 is 1.25 bits per heavy atom. The fourth-order valence-electron chi connectivity index (χ4n) is 3.13. The highest BCUT2D eigenvalue weighted by Gasteiger charge is 2.31. The van der Waals surface area contributed by atoms with Gasteiger partial charge in [0.15, 0.2) is 0 Å². The highest BCUT2D eigenvalue weighted by Crippen LogP contribution is 2.33. The lowest BCUT2D eigenvalue weighted by molar-refractivity contribution is 0.226. The maximum absolute atomic E-state index is 9.23. The SMILES string of the molecule is CCNC(C)(C#N)CCCCN1CCC(C(C)(C)C)C1. The molecule has 0 radical (unpaired) electrons. The lowest BCUT2D eigenvalue weighted by Crippen LogP contribution is -2.40. The van der Waals surface area contributed by atoms with Gasteiger partial charge in [-0.15, -0.1) is 0 Å². The molecule has 1 fully saturated rings. The summed E-state index contributed by atoms with van der Waals surface area (Å²) in [6, 6.07) is 2.41. The highest BCUT2D eigenvalue weighted by molar-refractivity contribution is 5.03. The standard InChI is InChI=1S/C17H33N3/c1-6-19-17(5,14-18)10-7-8-11-20-12-9-15(13-20)16(2,3)4/h15,19H,6-13H2,1-5H3. The van der Waals surface area contributed by atoms with Crippen LogP contribution in [0.3, 0.4) is 0 Å². The predicted molar refractivity (Wildman–Crippen MR) is 85.5 cm³/mol. The molecule has 20 heavy (non-hydrogen) atoms. The molecule has 1 N–H and O–H groups in total. The first kappa shape index (κ1) is 17.5. The summed E-state index contributed by atoms with van der Waals surface area (Å²) in [5, 5.41) is 12.5. The summed E-state index contributed by atoms with van der Waals surface area (Å²) in [6.45, 7) is 15.7. The average molecular weight is 279 g/mol. The summed E-state index contributed by atoms with van der Waals surface area (Å²) in [5.74, 6) is 0.841. The van der Waals surface area contributed by atoms with E-state index < -0.39 is 0 Å². The van der Waals surface area contributed by atoms with Crippen molar-refractivity contribution >= 4 is 0 Å². The van der Waals surface area contributed by atoms with Crippen molar-refractivity contribution in [1.29, 1.82) is 5.26 Å². The molecule has 116 valence electrons. The Labute approximate surface area is 125 Å². The number of nitrogens with one attached hydrogen (secondary N) is 1. The zero-order valence-corrected chi connectivity index (χ0v) is 14.1. The first-order valence-corrected chi connectivity index (χ1v) is 8.19. The molecule has 2 unspecified atom stereocenters. The number of hydrogen-bond donors (Lipinski definition) is 1. The Bertz CT molecular complexity index is 326. The van der Waals surface area contributed by atoms with Gasteiger partial charge >= 0.3 is 0 Å². The van der Waals surface area contributed by atoms with Crippen molar-refractivity contribution in [2.75, 3.05) is 26.2 Å². The van der Waals surface area contributed by atoms with Crippen LogP contribution in [-0.2, 0) is 0 Å². The summed E-state index contributed by atoms with van der Waals surface area (Å²) in [6.07, 6.45) is 4.64. The third kappa shape index (κ3) is 5.42. The summed E-state index contributed by atoms with van der Waals surface area (Å²) >= 11 is 0. The molecule has 1 heterocycles. The highest BCUT2D eigenvalue weighted by atomic mass is 15.1. The van der Waals surface area contributed by atoms with Crippen LogP contribution < -0.4 is 5.32 Å². The van der Waals surface area contributed by atoms with Gasteiger partial charge in [-0.25, -0.2) is 0 Å². The molecule has 0 aromatic rings. The molecular formula is C17H33N3. The molecule has 3 heteroatoms. The van der Waals surface area contributed by atoms with Gasteiger partial charge in [-0.1, -0.05) is 27.7 Å². The van der Waals surface area contributed by atoms with Gasteiger partial charge in [0.1, 0.15) is 5.54 Å². The van der Waals surface area contributed by atoms with Gasteiger partial charge in [0, 0.05) is 6.54 Å². The minimum absolute atomic E-state index is 0.340. The second-order valence-electron chi connectivity index (χ2n) is 7.58. The molecule has 1 saturated heterocycles. The number of unbranched alkanes of at least 4 members (excludes halogenated alkanes) is 1. The molecular weight excluding hydrogens is 246 g/mol. The van der Waals surface area contributed by atoms with Gasteiger partial charge in [0.2, 0.25) is 0 Å². The topological polar surface area (TPSA) is 39.1 Å². The largest absolute Gasteiger partial charge is 0.303 e. The zero-order chi connectivity index (χ0) is 15.2. The van der Waals surface area contributed by atoms with Crippen LogP contribution >= 0.6 is 0 Å². The molecule has 1 rings (SSSR count). The van der Waals surface area contributed by atoms with Crippen LogP contribution in [0.25, 0.3) is 0 Å². The third-order valence-corrected chi connectivity index (χ3v) is 4.71. The number of nitriles is 1. The molecule has 3 nitrogen and oxygen atoms in total. The minimum atomic E-state index is -0.340. The van der Waals surface area contributed by atoms with E-state index in [0.29, 0.717) is 5.41 Å². The Kier molecular flexibility index (Phi) is 6.48. The number of rotatable bonds is 7. The molecule has 0 saturated carbocycles. The molecule has 0 aromatic heterocycles. The normalized spacial score (nSPS) is 23.5. The van der Waals surface area contributed by atoms with Crippen LogP contribution in [0.15, 0.2) is 0 Å². The van der Waals surface area contributed by atoms with E-state index in [0.717, 1.165) is 25.3 Å². The third-order valence-electron chi connectivity index (χ3n) is 4.71. The molecule has 2 atom stereocenters. The Morgan fingerprint density at radius 2 is 1.95 bits per heavy atom. The van der Waals surface area contributed by atoms with Crippen molar-refractivity contribution in [2.45, 2.75) is 65.8 Å². The molecule has 0 aromatic carbocycles. The number of hydrogen-bond acceptors (Lipinski definition) is 3. The van der Waals surface area contributed by atoms with Crippen molar-refractivity contribution in [1.82, 2.24) is 10.2 Å². The van der Waals surface area contributed by atoms with Crippen LogP contribution in [0, 0.1) is 22.7 Å². The molecule has 0 aliphatic carbocycles. The van der Waals surface area contributed by atoms with E-state index in [2.05, 4.69) is 44.0 Å². The van der Waals surface area contributed by atoms with Gasteiger partial charge in [0.25, 0.3) is 0 Å². The van der Waals surface area contributed by atoms with E-state index in [4.69, 9.17) is 0 Å². The van der Waals surface area contributed by atoms with Gasteiger partial charge in [-0.3, -0.25) is 5.32 Å². The fourth-order valence-corrected chi connectivity index (χ4v) is 3.13. The quantitative estimate of drug-likeness (QED) is 0.726. The molecule has 1 aliphatic heterocycles. The van der Waals surface area contributed by atoms with Gasteiger partial charge < -0.3 is 4.90 Å². The molecule has 0 amide bonds. The Balaban J connectivity index is 2.22. The molecule has 0 bridgehead atoms. The minimum Gasteiger partial charge on any atom is -0.303 e. The van der Waals surface area contributed by atoms with E-state index >= 15 is 0 Å². The number of nitrogens with zero attached hydrogens (tertiary/aromatic N) is 2.